The Morgan fingerprint density at radius 1 is 0.839 bits per heavy atom. The maximum Gasteiger partial charge on any atom is 0.259 e. The summed E-state index contributed by atoms with van der Waals surface area (Å²) in [5, 5.41) is 18.3. The molecule has 1 aromatic heterocycles. The number of para-hydroxylation sites is 1. The maximum atomic E-state index is 13.1. The number of rotatable bonds is 1. The normalized spacial score (nSPS) is 17.8. The fraction of sp³-hybridized carbons (Fsp3) is 0.154. The lowest BCUT2D eigenvalue weighted by Crippen LogP contribution is -2.20. The first kappa shape index (κ1) is 17.0. The van der Waals surface area contributed by atoms with Crippen molar-refractivity contribution in [3.05, 3.63) is 71.3 Å². The van der Waals surface area contributed by atoms with Crippen molar-refractivity contribution in [3.63, 3.8) is 0 Å². The molecule has 0 bridgehead atoms. The number of carbonyl (C=O) groups excluding carboxylic acids is 2. The molecule has 0 radical (unpaired) electrons. The number of aliphatic hydroxyl groups is 1. The zero-order valence-corrected chi connectivity index (χ0v) is 16.6. The second-order valence-corrected chi connectivity index (χ2v) is 8.52. The molecule has 1 atom stereocenters. The van der Waals surface area contributed by atoms with Crippen LogP contribution in [0.3, 0.4) is 0 Å². The Morgan fingerprint density at radius 2 is 1.58 bits per heavy atom. The molecule has 7 rings (SSSR count). The lowest BCUT2D eigenvalue weighted by Gasteiger charge is -2.25. The van der Waals surface area contributed by atoms with E-state index >= 15 is 0 Å². The Bertz CT molecular complexity index is 1640. The van der Waals surface area contributed by atoms with E-state index in [9.17, 15) is 14.7 Å². The van der Waals surface area contributed by atoms with Crippen LogP contribution in [-0.4, -0.2) is 28.1 Å². The minimum Gasteiger partial charge on any atom is -0.394 e. The molecule has 5 nitrogen and oxygen atoms in total. The van der Waals surface area contributed by atoms with Crippen molar-refractivity contribution < 1.29 is 14.7 Å². The summed E-state index contributed by atoms with van der Waals surface area (Å²) in [4.78, 5) is 26.1. The van der Waals surface area contributed by atoms with Gasteiger partial charge in [-0.1, -0.05) is 54.6 Å². The zero-order valence-electron chi connectivity index (χ0n) is 16.6. The quantitative estimate of drug-likeness (QED) is 0.319. The summed E-state index contributed by atoms with van der Waals surface area (Å²) >= 11 is 0. The van der Waals surface area contributed by atoms with Crippen molar-refractivity contribution in [2.45, 2.75) is 18.9 Å². The highest BCUT2D eigenvalue weighted by Crippen LogP contribution is 2.46. The molecule has 1 unspecified atom stereocenters. The van der Waals surface area contributed by atoms with E-state index in [4.69, 9.17) is 0 Å². The average molecular weight is 406 g/mol. The van der Waals surface area contributed by atoms with Crippen LogP contribution in [0.5, 0.6) is 0 Å². The first-order chi connectivity index (χ1) is 15.2. The predicted molar refractivity (Wildman–Crippen MR) is 121 cm³/mol. The molecule has 2 amide bonds. The van der Waals surface area contributed by atoms with Crippen LogP contribution in [-0.2, 0) is 6.42 Å². The molecule has 0 fully saturated rings. The Kier molecular flexibility index (Phi) is 3.14. The molecule has 0 spiro atoms. The Morgan fingerprint density at radius 3 is 2.42 bits per heavy atom. The van der Waals surface area contributed by atoms with Gasteiger partial charge in [0, 0.05) is 21.5 Å². The first-order valence-electron chi connectivity index (χ1n) is 10.6. The van der Waals surface area contributed by atoms with E-state index < -0.39 is 0 Å². The summed E-state index contributed by atoms with van der Waals surface area (Å²) in [6.07, 6.45) is 1.72. The van der Waals surface area contributed by atoms with Crippen molar-refractivity contribution in [3.8, 4) is 0 Å². The molecule has 3 heterocycles. The summed E-state index contributed by atoms with van der Waals surface area (Å²) in [5.74, 6) is -0.682. The van der Waals surface area contributed by atoms with Gasteiger partial charge >= 0.3 is 0 Å². The lowest BCUT2D eigenvalue weighted by molar-refractivity contribution is 0.0880. The molecule has 150 valence electrons. The van der Waals surface area contributed by atoms with Crippen molar-refractivity contribution in [2.24, 2.45) is 0 Å². The van der Waals surface area contributed by atoms with Crippen LogP contribution in [0.25, 0.3) is 43.4 Å². The van der Waals surface area contributed by atoms with Gasteiger partial charge in [-0.05, 0) is 29.2 Å². The van der Waals surface area contributed by atoms with Crippen LogP contribution >= 0.6 is 0 Å². The Balaban J connectivity index is 1.87. The topological polar surface area (TPSA) is 71.3 Å². The smallest absolute Gasteiger partial charge is 0.259 e. The summed E-state index contributed by atoms with van der Waals surface area (Å²) in [7, 11) is 0. The van der Waals surface area contributed by atoms with Crippen LogP contribution in [0.4, 0.5) is 0 Å². The predicted octanol–water partition coefficient (Wildman–Crippen LogP) is 4.46. The third kappa shape index (κ3) is 1.95. The molecule has 31 heavy (non-hydrogen) atoms. The molecular weight excluding hydrogens is 388 g/mol. The van der Waals surface area contributed by atoms with Gasteiger partial charge in [0.15, 0.2) is 0 Å². The van der Waals surface area contributed by atoms with Gasteiger partial charge < -0.3 is 9.67 Å². The number of benzene rings is 4. The van der Waals surface area contributed by atoms with Gasteiger partial charge in [0.05, 0.1) is 34.8 Å². The van der Waals surface area contributed by atoms with Gasteiger partial charge in [0.25, 0.3) is 11.8 Å². The molecule has 5 aromatic rings. The molecule has 0 aliphatic carbocycles. The SMILES string of the molecule is O=C1NC(=O)c2c1c1c3ccccc3ccc1c1c2c2cccc3c2n1C(CO)CC3. The standard InChI is InChI=1S/C26H18N2O3/c29-12-15-10-8-14-5-3-7-17-20-22-21(25(30)27-26(22)31)19-16-6-2-1-4-13(16)9-11-18(19)24(20)28(15)23(14)17/h1-7,9,11,15,29H,8,10,12H2,(H,27,30,31). The average Bonchev–Trinajstić information content (AvgIpc) is 3.30. The van der Waals surface area contributed by atoms with E-state index in [1.54, 1.807) is 0 Å². The number of aromatic nitrogens is 1. The van der Waals surface area contributed by atoms with Crippen LogP contribution in [0.1, 0.15) is 38.7 Å². The van der Waals surface area contributed by atoms with E-state index in [0.29, 0.717) is 11.1 Å². The monoisotopic (exact) mass is 406 g/mol. The molecule has 5 heteroatoms. The number of hydrogen-bond acceptors (Lipinski definition) is 3. The highest BCUT2D eigenvalue weighted by Gasteiger charge is 2.36. The third-order valence-corrected chi connectivity index (χ3v) is 7.05. The molecule has 0 saturated carbocycles. The Hall–Kier alpha value is -3.70. The van der Waals surface area contributed by atoms with Gasteiger partial charge in [-0.3, -0.25) is 14.9 Å². The largest absolute Gasteiger partial charge is 0.394 e. The van der Waals surface area contributed by atoms with Crippen molar-refractivity contribution in [2.75, 3.05) is 6.61 Å². The number of aryl methyl sites for hydroxylation is 1. The van der Waals surface area contributed by atoms with Gasteiger partial charge in [-0.15, -0.1) is 0 Å². The van der Waals surface area contributed by atoms with Crippen LogP contribution in [0, 0.1) is 0 Å². The highest BCUT2D eigenvalue weighted by molar-refractivity contribution is 6.39. The number of nitrogens with one attached hydrogen (secondary N) is 1. The molecule has 2 aliphatic rings. The number of aliphatic hydroxyl groups excluding tert-OH is 1. The third-order valence-electron chi connectivity index (χ3n) is 7.05. The lowest BCUT2D eigenvalue weighted by atomic mass is 9.91. The van der Waals surface area contributed by atoms with Gasteiger partial charge in [-0.2, -0.15) is 0 Å². The van der Waals surface area contributed by atoms with Crippen LogP contribution in [0.2, 0.25) is 0 Å². The molecule has 2 aliphatic heterocycles. The fourth-order valence-electron chi connectivity index (χ4n) is 5.82. The van der Waals surface area contributed by atoms with Gasteiger partial charge in [0.1, 0.15) is 0 Å². The zero-order chi connectivity index (χ0) is 20.9. The van der Waals surface area contributed by atoms with E-state index in [2.05, 4.69) is 28.1 Å². The van der Waals surface area contributed by atoms with E-state index in [0.717, 1.165) is 56.2 Å². The second kappa shape index (κ2) is 5.71. The summed E-state index contributed by atoms with van der Waals surface area (Å²) < 4.78 is 2.22. The summed E-state index contributed by atoms with van der Waals surface area (Å²) in [6.45, 7) is 0.0322. The van der Waals surface area contributed by atoms with Crippen molar-refractivity contribution in [1.82, 2.24) is 9.88 Å². The fourth-order valence-corrected chi connectivity index (χ4v) is 5.82. The first-order valence-corrected chi connectivity index (χ1v) is 10.6. The number of hydrogen-bond donors (Lipinski definition) is 2. The summed E-state index contributed by atoms with van der Waals surface area (Å²) in [5.41, 5.74) is 4.14. The molecule has 0 saturated heterocycles. The number of imide groups is 1. The van der Waals surface area contributed by atoms with Crippen LogP contribution in [0.15, 0.2) is 54.6 Å². The number of fused-ring (bicyclic) bond motifs is 10. The molecular formula is C26H18N2O3. The highest BCUT2D eigenvalue weighted by atomic mass is 16.3. The maximum absolute atomic E-state index is 13.1. The molecule has 4 aromatic carbocycles. The van der Waals surface area contributed by atoms with E-state index in [1.807, 2.05) is 36.4 Å². The number of carbonyl (C=O) groups is 2. The van der Waals surface area contributed by atoms with Crippen LogP contribution < -0.4 is 5.32 Å². The minimum absolute atomic E-state index is 0.0322. The number of amides is 2. The Labute approximate surface area is 176 Å². The van der Waals surface area contributed by atoms with Gasteiger partial charge in [-0.25, -0.2) is 0 Å². The minimum atomic E-state index is -0.343. The molecule has 2 N–H and O–H groups in total. The van der Waals surface area contributed by atoms with Crippen molar-refractivity contribution >= 4 is 55.2 Å². The second-order valence-electron chi connectivity index (χ2n) is 8.52. The number of nitrogens with zero attached hydrogens (tertiary/aromatic N) is 1. The van der Waals surface area contributed by atoms with Crippen molar-refractivity contribution in [1.29, 1.82) is 0 Å². The van der Waals surface area contributed by atoms with Gasteiger partial charge in [0.2, 0.25) is 0 Å². The van der Waals surface area contributed by atoms with E-state index in [1.165, 1.54) is 5.56 Å². The summed E-state index contributed by atoms with van der Waals surface area (Å²) in [6, 6.07) is 18.2. The van der Waals surface area contributed by atoms with E-state index in [-0.39, 0.29) is 24.5 Å².